The highest BCUT2D eigenvalue weighted by Crippen LogP contribution is 2.22. The summed E-state index contributed by atoms with van der Waals surface area (Å²) < 4.78 is 6.83. The molecule has 2 heterocycles. The first-order valence-electron chi connectivity index (χ1n) is 6.46. The number of pyridine rings is 1. The van der Waals surface area contributed by atoms with Gasteiger partial charge in [-0.3, -0.25) is 9.55 Å². The van der Waals surface area contributed by atoms with Gasteiger partial charge in [-0.15, -0.1) is 0 Å². The minimum atomic E-state index is -0.538. The lowest BCUT2D eigenvalue weighted by molar-refractivity contribution is 0.0533. The van der Waals surface area contributed by atoms with E-state index in [4.69, 9.17) is 10.5 Å². The summed E-state index contributed by atoms with van der Waals surface area (Å²) in [6, 6.07) is 5.66. The van der Waals surface area contributed by atoms with Gasteiger partial charge >= 0.3 is 6.09 Å². The molecule has 2 aromatic rings. The predicted molar refractivity (Wildman–Crippen MR) is 77.2 cm³/mol. The second kappa shape index (κ2) is 5.46. The van der Waals surface area contributed by atoms with Crippen LogP contribution in [0.3, 0.4) is 0 Å². The van der Waals surface area contributed by atoms with Gasteiger partial charge in [0.2, 0.25) is 0 Å². The van der Waals surface area contributed by atoms with Crippen LogP contribution in [0.25, 0.3) is 11.1 Å². The van der Waals surface area contributed by atoms with Crippen molar-refractivity contribution in [1.29, 1.82) is 0 Å². The fourth-order valence-corrected chi connectivity index (χ4v) is 1.85. The molecule has 0 fully saturated rings. The van der Waals surface area contributed by atoms with Crippen LogP contribution in [-0.4, -0.2) is 21.2 Å². The van der Waals surface area contributed by atoms with Crippen molar-refractivity contribution in [2.75, 3.05) is 0 Å². The van der Waals surface area contributed by atoms with Gasteiger partial charge in [0.15, 0.2) is 0 Å². The van der Waals surface area contributed by atoms with E-state index in [1.807, 2.05) is 39.0 Å². The number of rotatable bonds is 2. The molecular formula is C15H19N3O2. The van der Waals surface area contributed by atoms with E-state index in [0.29, 0.717) is 5.69 Å². The molecule has 0 spiro atoms. The van der Waals surface area contributed by atoms with Crippen LogP contribution in [0.5, 0.6) is 0 Å². The fourth-order valence-electron chi connectivity index (χ4n) is 1.85. The van der Waals surface area contributed by atoms with E-state index in [2.05, 4.69) is 4.98 Å². The first-order valence-corrected chi connectivity index (χ1v) is 6.46. The maximum absolute atomic E-state index is 12.2. The van der Waals surface area contributed by atoms with Gasteiger partial charge < -0.3 is 10.5 Å². The number of nitrogens with zero attached hydrogens (tertiary/aromatic N) is 2. The third-order valence-corrected chi connectivity index (χ3v) is 2.71. The van der Waals surface area contributed by atoms with Gasteiger partial charge in [0, 0.05) is 36.4 Å². The van der Waals surface area contributed by atoms with Crippen molar-refractivity contribution < 1.29 is 9.53 Å². The molecule has 2 rings (SSSR count). The zero-order valence-electron chi connectivity index (χ0n) is 12.0. The van der Waals surface area contributed by atoms with Crippen molar-refractivity contribution in [3.05, 3.63) is 42.5 Å². The third-order valence-electron chi connectivity index (χ3n) is 2.71. The van der Waals surface area contributed by atoms with Crippen molar-refractivity contribution in [1.82, 2.24) is 9.55 Å². The molecule has 0 amide bonds. The highest BCUT2D eigenvalue weighted by molar-refractivity contribution is 5.76. The number of carbonyl (C=O) groups is 1. The summed E-state index contributed by atoms with van der Waals surface area (Å²) in [6.07, 6.45) is 4.74. The number of ether oxygens (including phenoxy) is 1. The van der Waals surface area contributed by atoms with E-state index >= 15 is 0 Å². The number of hydrogen-bond acceptors (Lipinski definition) is 4. The summed E-state index contributed by atoms with van der Waals surface area (Å²) in [5.74, 6) is 0. The molecule has 0 unspecified atom stereocenters. The van der Waals surface area contributed by atoms with Crippen LogP contribution in [-0.2, 0) is 11.3 Å². The Hall–Kier alpha value is -2.14. The SMILES string of the molecule is CC(C)(C)OC(=O)n1cc(-c2ccncc2)cc1CN. The van der Waals surface area contributed by atoms with Crippen LogP contribution >= 0.6 is 0 Å². The third kappa shape index (κ3) is 3.24. The van der Waals surface area contributed by atoms with Crippen LogP contribution < -0.4 is 5.73 Å². The topological polar surface area (TPSA) is 70.1 Å². The van der Waals surface area contributed by atoms with Crippen LogP contribution in [0.1, 0.15) is 26.5 Å². The molecule has 5 heteroatoms. The average Bonchev–Trinajstić information content (AvgIpc) is 2.82. The first kappa shape index (κ1) is 14.3. The molecule has 0 atom stereocenters. The first-order chi connectivity index (χ1) is 9.40. The molecule has 0 bridgehead atoms. The smallest absolute Gasteiger partial charge is 0.418 e. The Morgan fingerprint density at radius 3 is 2.50 bits per heavy atom. The van der Waals surface area contributed by atoms with Crippen LogP contribution in [0.15, 0.2) is 36.8 Å². The van der Waals surface area contributed by atoms with Crippen LogP contribution in [0, 0.1) is 0 Å². The Balaban J connectivity index is 2.35. The fraction of sp³-hybridized carbons (Fsp3) is 0.333. The van der Waals surface area contributed by atoms with E-state index in [1.54, 1.807) is 18.6 Å². The number of hydrogen-bond donors (Lipinski definition) is 1. The van der Waals surface area contributed by atoms with Gasteiger partial charge in [-0.05, 0) is 44.5 Å². The van der Waals surface area contributed by atoms with Gasteiger partial charge in [-0.1, -0.05) is 0 Å². The highest BCUT2D eigenvalue weighted by atomic mass is 16.6. The highest BCUT2D eigenvalue weighted by Gasteiger charge is 2.20. The minimum Gasteiger partial charge on any atom is -0.443 e. The molecule has 0 aliphatic heterocycles. The minimum absolute atomic E-state index is 0.268. The molecule has 0 aliphatic rings. The van der Waals surface area contributed by atoms with Gasteiger partial charge in [-0.25, -0.2) is 4.79 Å². The predicted octanol–water partition coefficient (Wildman–Crippen LogP) is 2.79. The molecule has 0 saturated carbocycles. The second-order valence-electron chi connectivity index (χ2n) is 5.51. The van der Waals surface area contributed by atoms with Crippen molar-refractivity contribution in [2.45, 2.75) is 32.9 Å². The zero-order chi connectivity index (χ0) is 14.8. The van der Waals surface area contributed by atoms with E-state index in [-0.39, 0.29) is 6.54 Å². The normalized spacial score (nSPS) is 11.4. The molecule has 5 nitrogen and oxygen atoms in total. The summed E-state index contributed by atoms with van der Waals surface area (Å²) in [5.41, 5.74) is 7.78. The molecule has 0 aliphatic carbocycles. The number of aromatic nitrogens is 2. The quantitative estimate of drug-likeness (QED) is 0.913. The zero-order valence-corrected chi connectivity index (χ0v) is 12.0. The van der Waals surface area contributed by atoms with Gasteiger partial charge in [-0.2, -0.15) is 0 Å². The largest absolute Gasteiger partial charge is 0.443 e. The van der Waals surface area contributed by atoms with Gasteiger partial charge in [0.05, 0.1) is 0 Å². The van der Waals surface area contributed by atoms with E-state index in [9.17, 15) is 4.79 Å². The van der Waals surface area contributed by atoms with Crippen molar-refractivity contribution in [2.24, 2.45) is 5.73 Å². The summed E-state index contributed by atoms with van der Waals surface area (Å²) in [5, 5.41) is 0. The maximum Gasteiger partial charge on any atom is 0.418 e. The Morgan fingerprint density at radius 1 is 1.30 bits per heavy atom. The summed E-state index contributed by atoms with van der Waals surface area (Å²) >= 11 is 0. The van der Waals surface area contributed by atoms with E-state index < -0.39 is 11.7 Å². The van der Waals surface area contributed by atoms with Crippen LogP contribution in [0.2, 0.25) is 0 Å². The van der Waals surface area contributed by atoms with Crippen molar-refractivity contribution >= 4 is 6.09 Å². The molecule has 0 radical (unpaired) electrons. The lowest BCUT2D eigenvalue weighted by atomic mass is 10.1. The lowest BCUT2D eigenvalue weighted by Crippen LogP contribution is -2.28. The molecule has 0 aromatic carbocycles. The molecule has 0 saturated heterocycles. The van der Waals surface area contributed by atoms with E-state index in [0.717, 1.165) is 11.1 Å². The van der Waals surface area contributed by atoms with Gasteiger partial charge in [0.25, 0.3) is 0 Å². The van der Waals surface area contributed by atoms with Crippen molar-refractivity contribution in [3.63, 3.8) is 0 Å². The molecule has 20 heavy (non-hydrogen) atoms. The number of nitrogens with two attached hydrogens (primary N) is 1. The monoisotopic (exact) mass is 273 g/mol. The Labute approximate surface area is 118 Å². The molecule has 106 valence electrons. The van der Waals surface area contributed by atoms with E-state index in [1.165, 1.54) is 4.57 Å². The van der Waals surface area contributed by atoms with Crippen molar-refractivity contribution in [3.8, 4) is 11.1 Å². The summed E-state index contributed by atoms with van der Waals surface area (Å²) in [4.78, 5) is 16.1. The Bertz CT molecular complexity index is 597. The van der Waals surface area contributed by atoms with Crippen LogP contribution in [0.4, 0.5) is 4.79 Å². The molecular weight excluding hydrogens is 254 g/mol. The summed E-state index contributed by atoms with van der Waals surface area (Å²) in [6.45, 7) is 5.77. The molecule has 2 aromatic heterocycles. The lowest BCUT2D eigenvalue weighted by Gasteiger charge is -2.20. The standard InChI is InChI=1S/C15H19N3O2/c1-15(2,3)20-14(19)18-10-12(8-13(18)9-16)11-4-6-17-7-5-11/h4-8,10H,9,16H2,1-3H3. The average molecular weight is 273 g/mol. The Kier molecular flexibility index (Phi) is 3.90. The summed E-state index contributed by atoms with van der Waals surface area (Å²) in [7, 11) is 0. The van der Waals surface area contributed by atoms with Gasteiger partial charge in [0.1, 0.15) is 5.60 Å². The number of carbonyl (C=O) groups excluding carboxylic acids is 1. The second-order valence-corrected chi connectivity index (χ2v) is 5.51. The Morgan fingerprint density at radius 2 is 1.95 bits per heavy atom. The maximum atomic E-state index is 12.2. The molecule has 2 N–H and O–H groups in total.